The second-order valence-corrected chi connectivity index (χ2v) is 5.83. The van der Waals surface area contributed by atoms with E-state index in [4.69, 9.17) is 4.74 Å². The predicted octanol–water partition coefficient (Wildman–Crippen LogP) is 2.40. The molecule has 0 bridgehead atoms. The summed E-state index contributed by atoms with van der Waals surface area (Å²) in [4.78, 5) is 20.7. The maximum Gasteiger partial charge on any atom is 0.294 e. The molecule has 4 aromatic rings. The maximum atomic E-state index is 12.0. The second-order valence-electron chi connectivity index (χ2n) is 5.83. The van der Waals surface area contributed by atoms with Crippen LogP contribution in [0.15, 0.2) is 58.4 Å². The number of benzene rings is 2. The predicted molar refractivity (Wildman–Crippen MR) is 104 cm³/mol. The van der Waals surface area contributed by atoms with Crippen LogP contribution in [0.5, 0.6) is 5.75 Å². The van der Waals surface area contributed by atoms with Crippen LogP contribution >= 0.6 is 0 Å². The summed E-state index contributed by atoms with van der Waals surface area (Å²) in [6, 6.07) is 14.9. The van der Waals surface area contributed by atoms with Crippen molar-refractivity contribution in [1.29, 1.82) is 0 Å². The Labute approximate surface area is 154 Å². The van der Waals surface area contributed by atoms with E-state index in [0.29, 0.717) is 17.1 Å². The van der Waals surface area contributed by atoms with Crippen LogP contribution < -0.4 is 15.7 Å². The number of nitrogens with zero attached hydrogens (tertiary/aromatic N) is 5. The van der Waals surface area contributed by atoms with Crippen molar-refractivity contribution >= 4 is 28.7 Å². The third kappa shape index (κ3) is 3.20. The normalized spacial score (nSPS) is 11.3. The van der Waals surface area contributed by atoms with E-state index in [1.54, 1.807) is 20.2 Å². The topological polar surface area (TPSA) is 93.8 Å². The SMILES string of the molecule is COc1ccc(C=NNc2nc3ccccc3c3nc(=O)c(C)nn23)cc1. The van der Waals surface area contributed by atoms with E-state index in [2.05, 4.69) is 25.6 Å². The number of fused-ring (bicyclic) bond motifs is 3. The lowest BCUT2D eigenvalue weighted by Crippen LogP contribution is -2.18. The van der Waals surface area contributed by atoms with E-state index in [-0.39, 0.29) is 11.3 Å². The first-order valence-corrected chi connectivity index (χ1v) is 8.25. The lowest BCUT2D eigenvalue weighted by atomic mass is 10.2. The Bertz CT molecular complexity index is 1210. The standard InChI is InChI=1S/C19H16N6O2/c1-12-18(26)22-17-15-5-3-4-6-16(15)21-19(25(17)24-12)23-20-11-13-7-9-14(27-2)10-8-13/h3-11H,1-2H3,(H,21,23). The van der Waals surface area contributed by atoms with Gasteiger partial charge in [0.05, 0.1) is 18.8 Å². The highest BCUT2D eigenvalue weighted by Gasteiger charge is 2.11. The van der Waals surface area contributed by atoms with Gasteiger partial charge in [0, 0.05) is 5.39 Å². The number of anilines is 1. The van der Waals surface area contributed by atoms with E-state index in [0.717, 1.165) is 16.7 Å². The first-order valence-electron chi connectivity index (χ1n) is 8.25. The molecule has 0 radical (unpaired) electrons. The minimum atomic E-state index is -0.362. The van der Waals surface area contributed by atoms with Crippen LogP contribution in [0, 0.1) is 6.92 Å². The summed E-state index contributed by atoms with van der Waals surface area (Å²) >= 11 is 0. The molecule has 0 fully saturated rings. The van der Waals surface area contributed by atoms with Crippen molar-refractivity contribution in [2.24, 2.45) is 5.10 Å². The molecule has 0 atom stereocenters. The number of rotatable bonds is 4. The molecular formula is C19H16N6O2. The van der Waals surface area contributed by atoms with Crippen molar-refractivity contribution in [3.63, 3.8) is 0 Å². The van der Waals surface area contributed by atoms with E-state index in [9.17, 15) is 4.79 Å². The Morgan fingerprint density at radius 1 is 1.11 bits per heavy atom. The Morgan fingerprint density at radius 2 is 1.89 bits per heavy atom. The van der Waals surface area contributed by atoms with Crippen LogP contribution in [0.3, 0.4) is 0 Å². The number of nitrogens with one attached hydrogen (secondary N) is 1. The van der Waals surface area contributed by atoms with Gasteiger partial charge in [0.25, 0.3) is 5.56 Å². The molecule has 0 aliphatic carbocycles. The summed E-state index contributed by atoms with van der Waals surface area (Å²) in [5.41, 5.74) is 4.82. The minimum absolute atomic E-state index is 0.284. The zero-order chi connectivity index (χ0) is 18.8. The molecule has 2 heterocycles. The van der Waals surface area contributed by atoms with Crippen LogP contribution in [0.2, 0.25) is 0 Å². The summed E-state index contributed by atoms with van der Waals surface area (Å²) in [7, 11) is 1.62. The molecule has 2 aromatic heterocycles. The first kappa shape index (κ1) is 16.6. The van der Waals surface area contributed by atoms with Gasteiger partial charge in [-0.15, -0.1) is 0 Å². The summed E-state index contributed by atoms with van der Waals surface area (Å²) in [5.74, 6) is 1.14. The fourth-order valence-corrected chi connectivity index (χ4v) is 2.64. The Balaban J connectivity index is 1.76. The number of aryl methyl sites for hydroxylation is 1. The molecule has 4 rings (SSSR count). The van der Waals surface area contributed by atoms with Crippen molar-refractivity contribution < 1.29 is 4.74 Å². The molecule has 0 aliphatic heterocycles. The maximum absolute atomic E-state index is 12.0. The van der Waals surface area contributed by atoms with Crippen LogP contribution in [0.4, 0.5) is 5.95 Å². The highest BCUT2D eigenvalue weighted by molar-refractivity contribution is 5.92. The minimum Gasteiger partial charge on any atom is -0.497 e. The van der Waals surface area contributed by atoms with Gasteiger partial charge in [-0.2, -0.15) is 19.7 Å². The molecule has 0 aliphatic rings. The van der Waals surface area contributed by atoms with Gasteiger partial charge < -0.3 is 4.74 Å². The molecule has 8 heteroatoms. The monoisotopic (exact) mass is 360 g/mol. The smallest absolute Gasteiger partial charge is 0.294 e. The Hall–Kier alpha value is -3.81. The van der Waals surface area contributed by atoms with E-state index in [1.807, 2.05) is 48.5 Å². The van der Waals surface area contributed by atoms with Gasteiger partial charge in [0.2, 0.25) is 5.95 Å². The van der Waals surface area contributed by atoms with Crippen LogP contribution in [0.1, 0.15) is 11.3 Å². The lowest BCUT2D eigenvalue weighted by molar-refractivity contribution is 0.415. The number of hydrogen-bond acceptors (Lipinski definition) is 7. The van der Waals surface area contributed by atoms with Gasteiger partial charge in [-0.25, -0.2) is 10.4 Å². The number of para-hydroxylation sites is 1. The highest BCUT2D eigenvalue weighted by Crippen LogP contribution is 2.19. The van der Waals surface area contributed by atoms with Crippen LogP contribution in [-0.4, -0.2) is 32.9 Å². The van der Waals surface area contributed by atoms with Gasteiger partial charge in [-0.1, -0.05) is 12.1 Å². The fraction of sp³-hybridized carbons (Fsp3) is 0.105. The average molecular weight is 360 g/mol. The molecule has 0 saturated heterocycles. The summed E-state index contributed by atoms with van der Waals surface area (Å²) in [5, 5.41) is 9.27. The van der Waals surface area contributed by atoms with Crippen molar-refractivity contribution in [3.05, 3.63) is 70.1 Å². The van der Waals surface area contributed by atoms with Gasteiger partial charge >= 0.3 is 0 Å². The van der Waals surface area contributed by atoms with Gasteiger partial charge in [0.1, 0.15) is 11.4 Å². The number of aromatic nitrogens is 4. The highest BCUT2D eigenvalue weighted by atomic mass is 16.5. The van der Waals surface area contributed by atoms with Crippen LogP contribution in [0.25, 0.3) is 16.6 Å². The number of hydrogen-bond donors (Lipinski definition) is 1. The summed E-state index contributed by atoms with van der Waals surface area (Å²) < 4.78 is 6.63. The van der Waals surface area contributed by atoms with Crippen molar-refractivity contribution in [3.8, 4) is 5.75 Å². The van der Waals surface area contributed by atoms with Crippen molar-refractivity contribution in [2.45, 2.75) is 6.92 Å². The molecule has 0 unspecified atom stereocenters. The third-order valence-corrected chi connectivity index (χ3v) is 4.03. The molecule has 134 valence electrons. The van der Waals surface area contributed by atoms with Crippen LogP contribution in [-0.2, 0) is 0 Å². The molecule has 2 aromatic carbocycles. The largest absolute Gasteiger partial charge is 0.497 e. The Morgan fingerprint density at radius 3 is 2.67 bits per heavy atom. The van der Waals surface area contributed by atoms with Crippen molar-refractivity contribution in [2.75, 3.05) is 12.5 Å². The zero-order valence-electron chi connectivity index (χ0n) is 14.7. The molecule has 27 heavy (non-hydrogen) atoms. The van der Waals surface area contributed by atoms with E-state index < -0.39 is 0 Å². The zero-order valence-corrected chi connectivity index (χ0v) is 14.7. The number of methoxy groups -OCH3 is 1. The second kappa shape index (κ2) is 6.83. The summed E-state index contributed by atoms with van der Waals surface area (Å²) in [6.07, 6.45) is 1.66. The molecule has 0 saturated carbocycles. The number of hydrazone groups is 1. The third-order valence-electron chi connectivity index (χ3n) is 4.03. The molecule has 8 nitrogen and oxygen atoms in total. The molecular weight excluding hydrogens is 344 g/mol. The molecule has 0 spiro atoms. The summed E-state index contributed by atoms with van der Waals surface area (Å²) in [6.45, 7) is 1.61. The quantitative estimate of drug-likeness (QED) is 0.341. The van der Waals surface area contributed by atoms with Gasteiger partial charge in [0.15, 0.2) is 5.65 Å². The van der Waals surface area contributed by atoms with E-state index in [1.165, 1.54) is 4.52 Å². The van der Waals surface area contributed by atoms with Gasteiger partial charge in [-0.05, 0) is 48.9 Å². The molecule has 0 amide bonds. The Kier molecular flexibility index (Phi) is 4.21. The van der Waals surface area contributed by atoms with Crippen molar-refractivity contribution in [1.82, 2.24) is 19.6 Å². The molecule has 1 N–H and O–H groups in total. The van der Waals surface area contributed by atoms with Gasteiger partial charge in [-0.3, -0.25) is 4.79 Å². The lowest BCUT2D eigenvalue weighted by Gasteiger charge is -2.09. The average Bonchev–Trinajstić information content (AvgIpc) is 2.70. The van der Waals surface area contributed by atoms with E-state index >= 15 is 0 Å². The fourth-order valence-electron chi connectivity index (χ4n) is 2.64. The number of ether oxygens (including phenoxy) is 1. The first-order chi connectivity index (χ1) is 13.2.